The van der Waals surface area contributed by atoms with Crippen molar-refractivity contribution in [2.24, 2.45) is 0 Å². The van der Waals surface area contributed by atoms with Gasteiger partial charge in [0.2, 0.25) is 0 Å². The van der Waals surface area contributed by atoms with Crippen LogP contribution in [-0.2, 0) is 5.41 Å². The predicted molar refractivity (Wildman–Crippen MR) is 287 cm³/mol. The van der Waals surface area contributed by atoms with E-state index in [9.17, 15) is 0 Å². The van der Waals surface area contributed by atoms with Gasteiger partial charge in [0.1, 0.15) is 0 Å². The third kappa shape index (κ3) is 7.40. The van der Waals surface area contributed by atoms with Gasteiger partial charge >= 0.3 is 0 Å². The van der Waals surface area contributed by atoms with E-state index in [4.69, 9.17) is 0 Å². The summed E-state index contributed by atoms with van der Waals surface area (Å²) in [7, 11) is 2.50. The fourth-order valence-electron chi connectivity index (χ4n) is 10.9. The second-order valence-corrected chi connectivity index (χ2v) is 18.7. The third-order valence-electron chi connectivity index (χ3n) is 14.6. The van der Waals surface area contributed by atoms with Crippen LogP contribution >= 0.6 is 0 Å². The summed E-state index contributed by atoms with van der Waals surface area (Å²) in [4.78, 5) is 4.97. The molecule has 323 valence electrons. The highest BCUT2D eigenvalue weighted by atomic mass is 15.2. The number of benzene rings is 8. The lowest BCUT2D eigenvalue weighted by atomic mass is 9.55. The van der Waals surface area contributed by atoms with Gasteiger partial charge in [-0.3, -0.25) is 0 Å². The topological polar surface area (TPSA) is 6.48 Å². The molecule has 0 aromatic heterocycles. The summed E-state index contributed by atoms with van der Waals surface area (Å²) in [5.41, 5.74) is 23.1. The van der Waals surface area contributed by atoms with Gasteiger partial charge in [-0.2, -0.15) is 0 Å². The number of hydrogen-bond acceptors (Lipinski definition) is 2. The summed E-state index contributed by atoms with van der Waals surface area (Å²) >= 11 is 0. The molecule has 0 N–H and O–H groups in total. The zero-order valence-electron chi connectivity index (χ0n) is 39.1. The van der Waals surface area contributed by atoms with Crippen LogP contribution in [0, 0.1) is 6.92 Å². The van der Waals surface area contributed by atoms with Crippen molar-refractivity contribution in [1.82, 2.24) is 0 Å². The van der Waals surface area contributed by atoms with Crippen LogP contribution in [-0.4, -0.2) is 7.28 Å². The van der Waals surface area contributed by atoms with Crippen LogP contribution in [0.15, 0.2) is 240 Å². The molecule has 11 rings (SSSR count). The SMILES string of the molecule is CC1=C(c2ccc3ccccc3c2C)CCC=C1C1=C2[B]c3cc(N(c4ccccc4)c4ccccc4)ccc3N(c3ccccc3-c3ccccc3)/C2=C(/C)C(C)(C)c2ccccc2C=C1. The fraction of sp³-hybridized carbons (Fsp3) is 0.125. The number of fused-ring (bicyclic) bond motifs is 4. The highest BCUT2D eigenvalue weighted by Gasteiger charge is 2.38. The van der Waals surface area contributed by atoms with Gasteiger partial charge in [-0.1, -0.05) is 189 Å². The molecule has 0 spiro atoms. The molecule has 3 aliphatic rings. The number of nitrogens with zero attached hydrogens (tertiary/aromatic N) is 2. The molecule has 3 heteroatoms. The van der Waals surface area contributed by atoms with E-state index < -0.39 is 0 Å². The van der Waals surface area contributed by atoms with E-state index in [-0.39, 0.29) is 5.41 Å². The number of aryl methyl sites for hydroxylation is 1. The van der Waals surface area contributed by atoms with Gasteiger partial charge < -0.3 is 9.80 Å². The monoisotopic (exact) mass is 861 g/mol. The molecule has 8 aromatic carbocycles. The Labute approximate surface area is 397 Å². The van der Waals surface area contributed by atoms with Crippen LogP contribution in [0.5, 0.6) is 0 Å². The van der Waals surface area contributed by atoms with Gasteiger partial charge in [-0.15, -0.1) is 0 Å². The van der Waals surface area contributed by atoms with E-state index in [0.717, 1.165) is 46.7 Å². The van der Waals surface area contributed by atoms with E-state index in [1.54, 1.807) is 0 Å². The largest absolute Gasteiger partial charge is 0.311 e. The van der Waals surface area contributed by atoms with E-state index >= 15 is 0 Å². The van der Waals surface area contributed by atoms with E-state index in [2.05, 4.69) is 264 Å². The molecule has 0 saturated carbocycles. The van der Waals surface area contributed by atoms with Gasteiger partial charge in [-0.05, 0) is 149 Å². The first-order chi connectivity index (χ1) is 32.8. The van der Waals surface area contributed by atoms with Crippen molar-refractivity contribution in [2.75, 3.05) is 9.80 Å². The molecule has 1 heterocycles. The zero-order valence-corrected chi connectivity index (χ0v) is 39.1. The minimum atomic E-state index is -0.335. The molecule has 8 aromatic rings. The van der Waals surface area contributed by atoms with Crippen molar-refractivity contribution in [3.05, 3.63) is 262 Å². The normalized spacial score (nSPS) is 16.6. The van der Waals surface area contributed by atoms with Crippen molar-refractivity contribution in [3.8, 4) is 11.1 Å². The van der Waals surface area contributed by atoms with E-state index in [1.807, 2.05) is 0 Å². The van der Waals surface area contributed by atoms with Crippen LogP contribution in [0.4, 0.5) is 28.4 Å². The highest BCUT2D eigenvalue weighted by Crippen LogP contribution is 2.50. The molecule has 0 fully saturated rings. The van der Waals surface area contributed by atoms with Gasteiger partial charge in [0.25, 0.3) is 0 Å². The van der Waals surface area contributed by atoms with Crippen molar-refractivity contribution in [2.45, 2.75) is 52.9 Å². The lowest BCUT2D eigenvalue weighted by Gasteiger charge is -2.42. The summed E-state index contributed by atoms with van der Waals surface area (Å²) in [6.07, 6.45) is 9.29. The standard InChI is InChI=1S/C64H54BN2/c1-43-52-30-17-15-24-47(52)36-39-55(43)53-32-21-33-54(44(53)2)57-40-37-48-25-16-19-34-58(48)64(4,5)45(3)63-62(57)65-59-42-51(66(49-26-11-7-12-27-49)50-28-13-8-14-29-50)38-41-61(59)67(63)60-35-20-18-31-56(60)46-22-9-6-10-23-46/h6-20,22-31,33-42H,21,32H2,1-5H3/b40-37?,62-57?,63-45-. The number of anilines is 5. The molecule has 0 bridgehead atoms. The molecule has 2 nitrogen and oxygen atoms in total. The van der Waals surface area contributed by atoms with Crippen molar-refractivity contribution in [1.29, 1.82) is 0 Å². The van der Waals surface area contributed by atoms with Crippen LogP contribution < -0.4 is 15.3 Å². The summed E-state index contributed by atoms with van der Waals surface area (Å²) in [6, 6.07) is 70.9. The quantitative estimate of drug-likeness (QED) is 0.147. The Bertz CT molecular complexity index is 3330. The molecule has 0 saturated heterocycles. The molecule has 1 aliphatic heterocycles. The van der Waals surface area contributed by atoms with Crippen molar-refractivity contribution in [3.63, 3.8) is 0 Å². The predicted octanol–water partition coefficient (Wildman–Crippen LogP) is 16.5. The van der Waals surface area contributed by atoms with E-state index in [1.165, 1.54) is 83.2 Å². The highest BCUT2D eigenvalue weighted by molar-refractivity contribution is 6.66. The number of hydrogen-bond donors (Lipinski definition) is 0. The smallest absolute Gasteiger partial charge is 0.197 e. The van der Waals surface area contributed by atoms with Gasteiger partial charge in [0.05, 0.1) is 5.69 Å². The Morgan fingerprint density at radius 3 is 1.99 bits per heavy atom. The van der Waals surface area contributed by atoms with E-state index in [0.29, 0.717) is 0 Å². The summed E-state index contributed by atoms with van der Waals surface area (Å²) in [5.74, 6) is 0. The first kappa shape index (κ1) is 42.0. The molecule has 2 aliphatic carbocycles. The fourth-order valence-corrected chi connectivity index (χ4v) is 10.9. The minimum absolute atomic E-state index is 0.335. The van der Waals surface area contributed by atoms with Crippen LogP contribution in [0.3, 0.4) is 0 Å². The Morgan fingerprint density at radius 1 is 0.567 bits per heavy atom. The Morgan fingerprint density at radius 2 is 1.22 bits per heavy atom. The zero-order chi connectivity index (χ0) is 45.6. The molecular formula is C64H54BN2. The summed E-state index contributed by atoms with van der Waals surface area (Å²) in [5, 5.41) is 2.61. The number of para-hydroxylation sites is 3. The lowest BCUT2D eigenvalue weighted by Crippen LogP contribution is -2.39. The van der Waals surface area contributed by atoms with Crippen LogP contribution in [0.25, 0.3) is 33.5 Å². The maximum absolute atomic E-state index is 2.60. The molecule has 0 amide bonds. The second-order valence-electron chi connectivity index (χ2n) is 18.7. The summed E-state index contributed by atoms with van der Waals surface area (Å²) < 4.78 is 0. The Hall–Kier alpha value is -7.62. The number of rotatable bonds is 7. The average Bonchev–Trinajstić information content (AvgIpc) is 3.40. The average molecular weight is 862 g/mol. The van der Waals surface area contributed by atoms with Gasteiger partial charge in [0.15, 0.2) is 7.28 Å². The lowest BCUT2D eigenvalue weighted by molar-refractivity contribution is 0.614. The van der Waals surface area contributed by atoms with Crippen molar-refractivity contribution < 1.29 is 0 Å². The maximum atomic E-state index is 2.60. The maximum Gasteiger partial charge on any atom is 0.197 e. The molecule has 0 atom stereocenters. The number of allylic oxidation sites excluding steroid dienone is 8. The van der Waals surface area contributed by atoms with Crippen molar-refractivity contribution >= 4 is 63.6 Å². The molecule has 67 heavy (non-hydrogen) atoms. The third-order valence-corrected chi connectivity index (χ3v) is 14.6. The molecular weight excluding hydrogens is 808 g/mol. The van der Waals surface area contributed by atoms with Crippen LogP contribution in [0.2, 0.25) is 0 Å². The van der Waals surface area contributed by atoms with Gasteiger partial charge in [-0.25, -0.2) is 0 Å². The van der Waals surface area contributed by atoms with Crippen LogP contribution in [0.1, 0.15) is 62.8 Å². The first-order valence-corrected chi connectivity index (χ1v) is 23.7. The second kappa shape index (κ2) is 17.3. The first-order valence-electron chi connectivity index (χ1n) is 23.7. The molecule has 1 radical (unpaired) electrons. The Balaban J connectivity index is 1.22. The van der Waals surface area contributed by atoms with Gasteiger partial charge in [0, 0.05) is 39.4 Å². The minimum Gasteiger partial charge on any atom is -0.311 e. The molecule has 0 unspecified atom stereocenters. The summed E-state index contributed by atoms with van der Waals surface area (Å²) in [6.45, 7) is 11.9. The Kier molecular flexibility index (Phi) is 10.9.